The van der Waals surface area contributed by atoms with Crippen LogP contribution in [0, 0.1) is 83.1 Å². The Morgan fingerprint density at radius 1 is 0.301 bits per heavy atom. The third-order valence-corrected chi connectivity index (χ3v) is 22.5. The van der Waals surface area contributed by atoms with E-state index >= 15 is 0 Å². The van der Waals surface area contributed by atoms with E-state index in [2.05, 4.69) is 115 Å². The fourth-order valence-corrected chi connectivity index (χ4v) is 14.9. The van der Waals surface area contributed by atoms with Gasteiger partial charge in [0.05, 0.1) is 53.4 Å². The summed E-state index contributed by atoms with van der Waals surface area (Å²) in [6.07, 6.45) is -4.07. The molecule has 12 aromatic rings. The van der Waals surface area contributed by atoms with E-state index in [1.807, 2.05) is 216 Å². The van der Waals surface area contributed by atoms with Crippen LogP contribution in [0.25, 0.3) is 0 Å². The molecule has 0 bridgehead atoms. The number of alkyl halides is 5. The molecule has 1 saturated carbocycles. The summed E-state index contributed by atoms with van der Waals surface area (Å²) in [6, 6.07) is 64.9. The summed E-state index contributed by atoms with van der Waals surface area (Å²) in [4.78, 5) is 70.0. The van der Waals surface area contributed by atoms with Gasteiger partial charge in [0, 0.05) is 81.2 Å². The minimum atomic E-state index is -4.59. The van der Waals surface area contributed by atoms with Crippen LogP contribution < -0.4 is 102 Å². The second-order valence-corrected chi connectivity index (χ2v) is 33.8. The van der Waals surface area contributed by atoms with E-state index in [-0.39, 0.29) is 59.8 Å². The van der Waals surface area contributed by atoms with Crippen molar-refractivity contribution in [3.63, 3.8) is 0 Å². The molecule has 1 aliphatic rings. The number of rotatable bonds is 30. The molecular weight excluding hydrogens is 1830 g/mol. The minimum absolute atomic E-state index is 0.0732. The van der Waals surface area contributed by atoms with Crippen LogP contribution >= 0.6 is 0 Å². The van der Waals surface area contributed by atoms with Gasteiger partial charge in [-0.25, -0.2) is 37.5 Å². The van der Waals surface area contributed by atoms with Crippen molar-refractivity contribution in [2.75, 3.05) is 87.9 Å². The first-order valence-corrected chi connectivity index (χ1v) is 46.7. The summed E-state index contributed by atoms with van der Waals surface area (Å²) >= 11 is 0. The van der Waals surface area contributed by atoms with Crippen LogP contribution in [-0.4, -0.2) is 92.2 Å². The van der Waals surface area contributed by atoms with Crippen molar-refractivity contribution < 1.29 is 88.6 Å². The van der Waals surface area contributed by atoms with Gasteiger partial charge < -0.3 is 102 Å². The van der Waals surface area contributed by atoms with E-state index in [1.54, 1.807) is 53.5 Å². The van der Waals surface area contributed by atoms with Gasteiger partial charge in [-0.1, -0.05) is 204 Å². The Morgan fingerprint density at radius 2 is 0.559 bits per heavy atom. The Morgan fingerprint density at radius 3 is 0.867 bits per heavy atom. The van der Waals surface area contributed by atoms with E-state index in [9.17, 15) is 50.7 Å². The molecule has 12 aromatic carbocycles. The number of aryl methyl sites for hydroxylation is 13. The molecule has 26 nitrogen and oxygen atoms in total. The molecule has 0 saturated heterocycles. The first-order chi connectivity index (χ1) is 68.4. The van der Waals surface area contributed by atoms with Gasteiger partial charge in [-0.3, -0.25) is 0 Å². The highest BCUT2D eigenvalue weighted by Gasteiger charge is 2.36. The van der Waals surface area contributed by atoms with Crippen LogP contribution in [-0.2, 0) is 52.2 Å². The quantitative estimate of drug-likeness (QED) is 0.0186. The van der Waals surface area contributed by atoms with Crippen LogP contribution in [0.3, 0.4) is 0 Å². The van der Waals surface area contributed by atoms with E-state index in [1.165, 1.54) is 79.0 Å². The summed E-state index contributed by atoms with van der Waals surface area (Å²) in [7, 11) is 10.7. The lowest BCUT2D eigenvalue weighted by molar-refractivity contribution is -0.137. The lowest BCUT2D eigenvalue weighted by atomic mass is 10.0. The maximum Gasteiger partial charge on any atom is 0.418 e. The van der Waals surface area contributed by atoms with Gasteiger partial charge in [0.25, 0.3) is 6.43 Å². The Balaban J connectivity index is 0.000000210. The van der Waals surface area contributed by atoms with E-state index in [0.717, 1.165) is 119 Å². The lowest BCUT2D eigenvalue weighted by Gasteiger charge is -2.18. The highest BCUT2D eigenvalue weighted by atomic mass is 19.4. The van der Waals surface area contributed by atoms with Gasteiger partial charge in [0.1, 0.15) is 85.6 Å². The van der Waals surface area contributed by atoms with Crippen molar-refractivity contribution in [1.82, 2.24) is 31.9 Å². The van der Waals surface area contributed by atoms with Gasteiger partial charge >= 0.3 is 42.4 Å². The minimum Gasteiger partial charge on any atom is -0.495 e. The van der Waals surface area contributed by atoms with Gasteiger partial charge in [0.15, 0.2) is 0 Å². The summed E-state index contributed by atoms with van der Waals surface area (Å²) in [6.45, 7) is 30.0. The normalized spacial score (nSPS) is 11.0. The van der Waals surface area contributed by atoms with E-state index in [0.29, 0.717) is 78.9 Å². The standard InChI is InChI=1S/C20H24N2O2.C19H24N2O3.C19H24N2O2.C18H19F3N2O2.C18H20F2N2O2.C18H22N2O3/c1-13-7-10-18(14(2)11-13)24-12-16-5-4-6-17(15-8-9-15)19(16)22-20(23)21-3;1-5-23-17-8-6-7-15(18(17)21-19(22)20-4)12-24-16-10-9-13(2)11-14(16)3;1-5-15-7-6-8-16(18(15)21-19(22)20-4)12-23-17-10-9-13(2)11-14(17)3;1-11-7-8-15(12(2)9-11)25-10-13-5-4-6-14(18(19,20)21)16(13)23-17(24)22-3;1-11-7-8-15(12(2)9-11)24-10-13-5-4-6-14(17(19)20)16(13)22-18(23)21-3;1-12-8-9-15(13(2)10-12)23-11-14-6-5-7-16(22-4)17(14)20-18(21)19-3/h4-7,10-11,15H,8-9,12H2,1-3H3,(H2,21,22,23);6-11H,5,12H2,1-4H3,(H2,20,21,22);6-11H,5,12H2,1-4H3,(H2,20,21,22);4-9H,10H2,1-3H3,(H2,22,23,24);4-9,17H,10H2,1-3H3,(H2,21,22,23);5-10H,11H2,1-4H3,(H2,19,20,21). The molecule has 0 aromatic heterocycles. The predicted octanol–water partition coefficient (Wildman–Crippen LogP) is 25.6. The fraction of sp³-hybridized carbons (Fsp3) is 0.304. The van der Waals surface area contributed by atoms with Gasteiger partial charge in [-0.2, -0.15) is 13.2 Å². The van der Waals surface area contributed by atoms with E-state index in [4.69, 9.17) is 37.9 Å². The topological polar surface area (TPSA) is 321 Å². The van der Waals surface area contributed by atoms with Crippen molar-refractivity contribution >= 4 is 70.3 Å². The van der Waals surface area contributed by atoms with Crippen molar-refractivity contribution in [2.24, 2.45) is 0 Å². The van der Waals surface area contributed by atoms with Crippen LogP contribution in [0.5, 0.6) is 46.0 Å². The molecule has 12 amide bonds. The van der Waals surface area contributed by atoms with Gasteiger partial charge in [-0.15, -0.1) is 0 Å². The average Bonchev–Trinajstić information content (AvgIpc) is 1.37. The van der Waals surface area contributed by atoms with Crippen LogP contribution in [0.15, 0.2) is 218 Å². The first kappa shape index (κ1) is 113. The summed E-state index contributed by atoms with van der Waals surface area (Å²) in [5.41, 5.74) is 21.5. The number of urea groups is 6. The zero-order valence-corrected chi connectivity index (χ0v) is 85.1. The SMILES string of the molecule is CCOc1cccc(COc2ccc(C)cc2C)c1NC(=O)NC.CCc1cccc(COc2ccc(C)cc2C)c1NC(=O)NC.CNC(=O)Nc1c(COc2ccc(C)cc2C)cccc1C(F)(F)F.CNC(=O)Nc1c(COc2ccc(C)cc2C)cccc1C(F)F.CNC(=O)Nc1c(COc2ccc(C)cc2C)cccc1C1CC1.CNC(=O)Nc1c(COc2ccc(C)cc2C)cccc1OC. The van der Waals surface area contributed by atoms with Gasteiger partial charge in [-0.05, 0) is 214 Å². The highest BCUT2D eigenvalue weighted by molar-refractivity contribution is 5.95. The maximum absolute atomic E-state index is 13.2. The molecule has 0 radical (unpaired) electrons. The van der Waals surface area contributed by atoms with Crippen molar-refractivity contribution in [1.29, 1.82) is 0 Å². The molecule has 0 atom stereocenters. The molecule has 13 rings (SSSR count). The number of anilines is 6. The molecular formula is C112H133F5N12O14. The summed E-state index contributed by atoms with van der Waals surface area (Å²) < 4.78 is 112. The molecule has 0 aliphatic heterocycles. The van der Waals surface area contributed by atoms with Gasteiger partial charge in [0.2, 0.25) is 0 Å². The van der Waals surface area contributed by atoms with Crippen molar-refractivity contribution in [2.45, 2.75) is 174 Å². The van der Waals surface area contributed by atoms with Crippen LogP contribution in [0.1, 0.15) is 161 Å². The number of hydrogen-bond donors (Lipinski definition) is 12. The molecule has 0 heterocycles. The number of para-hydroxylation sites is 6. The smallest absolute Gasteiger partial charge is 0.418 e. The monoisotopic (exact) mass is 1960 g/mol. The predicted molar refractivity (Wildman–Crippen MR) is 558 cm³/mol. The first-order valence-electron chi connectivity index (χ1n) is 46.7. The molecule has 0 unspecified atom stereocenters. The second-order valence-electron chi connectivity index (χ2n) is 33.8. The van der Waals surface area contributed by atoms with Crippen LogP contribution in [0.2, 0.25) is 0 Å². The lowest BCUT2D eigenvalue weighted by Crippen LogP contribution is -2.27. The number of halogens is 5. The number of carbonyl (C=O) groups is 6. The number of nitrogens with one attached hydrogen (secondary N) is 12. The zero-order chi connectivity index (χ0) is 105. The molecule has 0 spiro atoms. The third kappa shape index (κ3) is 35.0. The molecule has 143 heavy (non-hydrogen) atoms. The Labute approximate surface area is 835 Å². The zero-order valence-electron chi connectivity index (χ0n) is 85.1. The summed E-state index contributed by atoms with van der Waals surface area (Å²) in [5, 5.41) is 31.1. The Bertz CT molecular complexity index is 6070. The largest absolute Gasteiger partial charge is 0.495 e. The highest BCUT2D eigenvalue weighted by Crippen LogP contribution is 2.45. The third-order valence-electron chi connectivity index (χ3n) is 22.5. The number of methoxy groups -OCH3 is 1. The van der Waals surface area contributed by atoms with Crippen LogP contribution in [0.4, 0.5) is 84.8 Å². The number of amides is 12. The molecule has 31 heteroatoms. The molecule has 760 valence electrons. The van der Waals surface area contributed by atoms with Crippen molar-refractivity contribution in [3.05, 3.63) is 341 Å². The summed E-state index contributed by atoms with van der Waals surface area (Å²) in [5.74, 6) is 6.42. The number of hydrogen-bond acceptors (Lipinski definition) is 14. The maximum atomic E-state index is 13.2. The number of carbonyl (C=O) groups excluding carboxylic acids is 6. The Kier molecular flexibility index (Phi) is 44.0. The molecule has 1 aliphatic carbocycles. The second kappa shape index (κ2) is 55.9. The Hall–Kier alpha value is -15.7. The number of ether oxygens (including phenoxy) is 8. The average molecular weight is 1970 g/mol. The molecule has 1 fully saturated rings. The fourth-order valence-electron chi connectivity index (χ4n) is 14.9. The number of benzene rings is 12. The molecule has 12 N–H and O–H groups in total. The van der Waals surface area contributed by atoms with E-state index < -0.39 is 30.2 Å². The van der Waals surface area contributed by atoms with Crippen molar-refractivity contribution in [3.8, 4) is 46.0 Å².